The van der Waals surface area contributed by atoms with Gasteiger partial charge in [0, 0.05) is 32.7 Å². The van der Waals surface area contributed by atoms with Crippen molar-refractivity contribution in [2.45, 2.75) is 32.1 Å². The summed E-state index contributed by atoms with van der Waals surface area (Å²) in [6, 6.07) is 0. The van der Waals surface area contributed by atoms with Gasteiger partial charge in [-0.25, -0.2) is 9.97 Å². The van der Waals surface area contributed by atoms with Crippen molar-refractivity contribution in [3.05, 3.63) is 29.7 Å². The maximum Gasteiger partial charge on any atom is 0.271 e. The number of carbonyl (C=O) groups excluding carboxylic acids is 1. The van der Waals surface area contributed by atoms with E-state index in [-0.39, 0.29) is 5.91 Å². The topological polar surface area (TPSA) is 79.4 Å². The maximum atomic E-state index is 12.1. The van der Waals surface area contributed by atoms with Crippen molar-refractivity contribution >= 4 is 11.7 Å². The van der Waals surface area contributed by atoms with E-state index in [0.717, 1.165) is 45.8 Å². The lowest BCUT2D eigenvalue weighted by Gasteiger charge is -2.26. The molecule has 0 radical (unpaired) electrons. The molecule has 2 N–H and O–H groups in total. The van der Waals surface area contributed by atoms with E-state index < -0.39 is 0 Å². The van der Waals surface area contributed by atoms with Gasteiger partial charge in [0.2, 0.25) is 0 Å². The first-order valence-electron chi connectivity index (χ1n) is 9.63. The van der Waals surface area contributed by atoms with Gasteiger partial charge in [0.1, 0.15) is 11.5 Å². The van der Waals surface area contributed by atoms with Crippen LogP contribution >= 0.6 is 0 Å². The Hall–Kier alpha value is -1.99. The third kappa shape index (κ3) is 6.07. The van der Waals surface area contributed by atoms with Crippen LogP contribution in [0.2, 0.25) is 0 Å². The minimum Gasteiger partial charge on any atom is -0.379 e. The number of ether oxygens (including phenoxy) is 1. The van der Waals surface area contributed by atoms with Crippen LogP contribution in [0.3, 0.4) is 0 Å². The van der Waals surface area contributed by atoms with Crippen molar-refractivity contribution in [3.8, 4) is 0 Å². The van der Waals surface area contributed by atoms with Crippen LogP contribution < -0.4 is 10.6 Å². The molecule has 1 amide bonds. The highest BCUT2D eigenvalue weighted by Gasteiger charge is 2.11. The van der Waals surface area contributed by atoms with E-state index in [1.54, 1.807) is 6.20 Å². The fraction of sp³-hybridized carbons (Fsp3) is 0.632. The molecule has 2 heterocycles. The minimum atomic E-state index is -0.159. The Kier molecular flexibility index (Phi) is 7.39. The molecular formula is C19H29N5O2. The van der Waals surface area contributed by atoms with E-state index in [4.69, 9.17) is 4.74 Å². The second-order valence-electron chi connectivity index (χ2n) is 6.78. The zero-order valence-corrected chi connectivity index (χ0v) is 15.4. The lowest BCUT2D eigenvalue weighted by molar-refractivity contribution is 0.0398. The predicted molar refractivity (Wildman–Crippen MR) is 101 cm³/mol. The maximum absolute atomic E-state index is 12.1. The van der Waals surface area contributed by atoms with Gasteiger partial charge < -0.3 is 15.4 Å². The van der Waals surface area contributed by atoms with Gasteiger partial charge >= 0.3 is 0 Å². The summed E-state index contributed by atoms with van der Waals surface area (Å²) in [5.74, 6) is 0.538. The van der Waals surface area contributed by atoms with Crippen molar-refractivity contribution in [2.75, 3.05) is 51.3 Å². The average molecular weight is 359 g/mol. The van der Waals surface area contributed by atoms with Crippen LogP contribution in [0.4, 0.5) is 5.82 Å². The second kappa shape index (κ2) is 10.2. The lowest BCUT2D eigenvalue weighted by Crippen LogP contribution is -2.39. The molecule has 1 aromatic rings. The van der Waals surface area contributed by atoms with Crippen LogP contribution in [-0.4, -0.2) is 66.7 Å². The molecule has 0 saturated carbocycles. The zero-order chi connectivity index (χ0) is 18.0. The highest BCUT2D eigenvalue weighted by molar-refractivity contribution is 5.91. The Bertz CT molecular complexity index is 596. The number of hydrogen-bond donors (Lipinski definition) is 2. The zero-order valence-electron chi connectivity index (χ0n) is 15.4. The molecule has 1 aliphatic carbocycles. The number of amides is 1. The highest BCUT2D eigenvalue weighted by atomic mass is 16.5. The number of nitrogens with one attached hydrogen (secondary N) is 2. The molecule has 0 atom stereocenters. The molecule has 7 nitrogen and oxygen atoms in total. The molecule has 2 aliphatic rings. The normalized spacial score (nSPS) is 18.2. The summed E-state index contributed by atoms with van der Waals surface area (Å²) in [6.45, 7) is 5.97. The standard InChI is InChI=1S/C19H29N5O2/c25-19(21-7-6-16-4-2-1-3-5-16)17-14-23-18(15-22-17)20-8-9-24-10-12-26-13-11-24/h4,14-15H,1-3,5-13H2,(H,20,23)(H,21,25). The molecule has 7 heteroatoms. The smallest absolute Gasteiger partial charge is 0.271 e. The van der Waals surface area contributed by atoms with Gasteiger partial charge in [-0.05, 0) is 32.1 Å². The third-order valence-electron chi connectivity index (χ3n) is 4.84. The molecule has 142 valence electrons. The number of carbonyl (C=O) groups is 1. The van der Waals surface area contributed by atoms with Gasteiger partial charge in [-0.2, -0.15) is 0 Å². The Morgan fingerprint density at radius 2 is 2.04 bits per heavy atom. The Balaban J connectivity index is 1.36. The van der Waals surface area contributed by atoms with E-state index >= 15 is 0 Å². The van der Waals surface area contributed by atoms with Crippen LogP contribution in [-0.2, 0) is 4.74 Å². The average Bonchev–Trinajstić information content (AvgIpc) is 2.70. The summed E-state index contributed by atoms with van der Waals surface area (Å²) in [7, 11) is 0. The van der Waals surface area contributed by atoms with E-state index in [1.165, 1.54) is 37.5 Å². The van der Waals surface area contributed by atoms with E-state index in [1.807, 2.05) is 0 Å². The summed E-state index contributed by atoms with van der Waals surface area (Å²) < 4.78 is 5.34. The van der Waals surface area contributed by atoms with Crippen molar-refractivity contribution in [1.29, 1.82) is 0 Å². The second-order valence-corrected chi connectivity index (χ2v) is 6.78. The monoisotopic (exact) mass is 359 g/mol. The SMILES string of the molecule is O=C(NCCC1=CCCCC1)c1cnc(NCCN2CCOCC2)cn1. The summed E-state index contributed by atoms with van der Waals surface area (Å²) in [5.41, 5.74) is 1.82. The first kappa shape index (κ1) is 18.8. The van der Waals surface area contributed by atoms with Crippen LogP contribution in [0.25, 0.3) is 0 Å². The fourth-order valence-corrected chi connectivity index (χ4v) is 3.26. The Morgan fingerprint density at radius 3 is 2.77 bits per heavy atom. The number of rotatable bonds is 8. The first-order chi connectivity index (χ1) is 12.8. The van der Waals surface area contributed by atoms with Gasteiger partial charge in [-0.3, -0.25) is 9.69 Å². The highest BCUT2D eigenvalue weighted by Crippen LogP contribution is 2.19. The number of anilines is 1. The van der Waals surface area contributed by atoms with Crippen molar-refractivity contribution < 1.29 is 9.53 Å². The molecule has 0 bridgehead atoms. The number of nitrogens with zero attached hydrogens (tertiary/aromatic N) is 3. The summed E-state index contributed by atoms with van der Waals surface area (Å²) in [6.07, 6.45) is 11.3. The summed E-state index contributed by atoms with van der Waals surface area (Å²) in [5, 5.41) is 6.18. The number of morpholine rings is 1. The fourth-order valence-electron chi connectivity index (χ4n) is 3.26. The van der Waals surface area contributed by atoms with Crippen LogP contribution in [0.15, 0.2) is 24.0 Å². The Labute approximate surface area is 155 Å². The van der Waals surface area contributed by atoms with E-state index in [0.29, 0.717) is 18.1 Å². The minimum absolute atomic E-state index is 0.159. The van der Waals surface area contributed by atoms with Crippen LogP contribution in [0.1, 0.15) is 42.6 Å². The molecular weight excluding hydrogens is 330 g/mol. The third-order valence-corrected chi connectivity index (χ3v) is 4.84. The molecule has 1 saturated heterocycles. The molecule has 1 aromatic heterocycles. The molecule has 0 spiro atoms. The van der Waals surface area contributed by atoms with Gasteiger partial charge in [0.05, 0.1) is 25.6 Å². The Morgan fingerprint density at radius 1 is 1.15 bits per heavy atom. The summed E-state index contributed by atoms with van der Waals surface area (Å²) in [4.78, 5) is 23.0. The molecule has 1 fully saturated rings. The first-order valence-corrected chi connectivity index (χ1v) is 9.63. The molecule has 0 unspecified atom stereocenters. The van der Waals surface area contributed by atoms with Crippen molar-refractivity contribution in [2.24, 2.45) is 0 Å². The summed E-state index contributed by atoms with van der Waals surface area (Å²) >= 11 is 0. The van der Waals surface area contributed by atoms with Crippen LogP contribution in [0, 0.1) is 0 Å². The van der Waals surface area contributed by atoms with Gasteiger partial charge in [-0.1, -0.05) is 11.6 Å². The van der Waals surface area contributed by atoms with Gasteiger partial charge in [-0.15, -0.1) is 0 Å². The van der Waals surface area contributed by atoms with E-state index in [9.17, 15) is 4.79 Å². The van der Waals surface area contributed by atoms with Crippen molar-refractivity contribution in [3.63, 3.8) is 0 Å². The molecule has 3 rings (SSSR count). The van der Waals surface area contributed by atoms with Crippen molar-refractivity contribution in [1.82, 2.24) is 20.2 Å². The lowest BCUT2D eigenvalue weighted by atomic mass is 9.97. The largest absolute Gasteiger partial charge is 0.379 e. The van der Waals surface area contributed by atoms with Gasteiger partial charge in [0.15, 0.2) is 0 Å². The van der Waals surface area contributed by atoms with Crippen LogP contribution in [0.5, 0.6) is 0 Å². The quantitative estimate of drug-likeness (QED) is 0.690. The van der Waals surface area contributed by atoms with E-state index in [2.05, 4.69) is 31.6 Å². The molecule has 26 heavy (non-hydrogen) atoms. The molecule has 0 aromatic carbocycles. The predicted octanol–water partition coefficient (Wildman–Crippen LogP) is 1.84. The number of aromatic nitrogens is 2. The number of allylic oxidation sites excluding steroid dienone is 1. The number of hydrogen-bond acceptors (Lipinski definition) is 6. The van der Waals surface area contributed by atoms with Gasteiger partial charge in [0.25, 0.3) is 5.91 Å². The molecule has 1 aliphatic heterocycles.